The predicted molar refractivity (Wildman–Crippen MR) is 116 cm³/mol. The first kappa shape index (κ1) is 18.8. The summed E-state index contributed by atoms with van der Waals surface area (Å²) in [4.78, 5) is 0. The van der Waals surface area contributed by atoms with Gasteiger partial charge >= 0.3 is 0 Å². The molecule has 0 aliphatic rings. The number of halogens is 1. The monoisotopic (exact) mass is 405 g/mol. The van der Waals surface area contributed by atoms with Gasteiger partial charge < -0.3 is 0 Å². The van der Waals surface area contributed by atoms with E-state index >= 15 is 0 Å². The molecule has 0 aliphatic carbocycles. The van der Waals surface area contributed by atoms with Crippen molar-refractivity contribution in [1.29, 1.82) is 0 Å². The van der Waals surface area contributed by atoms with Crippen molar-refractivity contribution in [2.24, 2.45) is 0 Å². The summed E-state index contributed by atoms with van der Waals surface area (Å²) >= 11 is 7.95. The smallest absolute Gasteiger partial charge is 0.196 e. The van der Waals surface area contributed by atoms with Gasteiger partial charge in [-0.2, -0.15) is 0 Å². The SMILES string of the molecule is Cc1ccccc1CSc1nnc(Cc2ccccc2)n1-c1cccc(Cl)c1. The summed E-state index contributed by atoms with van der Waals surface area (Å²) in [6, 6.07) is 26.6. The Kier molecular flexibility index (Phi) is 5.79. The summed E-state index contributed by atoms with van der Waals surface area (Å²) in [5, 5.41) is 10.6. The van der Waals surface area contributed by atoms with Crippen molar-refractivity contribution in [3.05, 3.63) is 106 Å². The van der Waals surface area contributed by atoms with Crippen LogP contribution in [-0.2, 0) is 12.2 Å². The van der Waals surface area contributed by atoms with Gasteiger partial charge in [-0.3, -0.25) is 4.57 Å². The fourth-order valence-electron chi connectivity index (χ4n) is 3.08. The lowest BCUT2D eigenvalue weighted by molar-refractivity contribution is 0.847. The second kappa shape index (κ2) is 8.63. The molecule has 0 bridgehead atoms. The van der Waals surface area contributed by atoms with E-state index in [1.54, 1.807) is 11.8 Å². The van der Waals surface area contributed by atoms with E-state index in [0.29, 0.717) is 11.4 Å². The first-order valence-corrected chi connectivity index (χ1v) is 10.5. The van der Waals surface area contributed by atoms with Crippen LogP contribution in [0.4, 0.5) is 0 Å². The largest absolute Gasteiger partial charge is 0.274 e. The summed E-state index contributed by atoms with van der Waals surface area (Å²) < 4.78 is 2.11. The van der Waals surface area contributed by atoms with Crippen molar-refractivity contribution in [3.63, 3.8) is 0 Å². The highest BCUT2D eigenvalue weighted by atomic mass is 35.5. The summed E-state index contributed by atoms with van der Waals surface area (Å²) in [7, 11) is 0. The van der Waals surface area contributed by atoms with Crippen molar-refractivity contribution in [3.8, 4) is 5.69 Å². The van der Waals surface area contributed by atoms with E-state index in [1.165, 1.54) is 16.7 Å². The first-order valence-electron chi connectivity index (χ1n) is 9.12. The molecule has 4 aromatic rings. The highest BCUT2D eigenvalue weighted by Gasteiger charge is 2.15. The number of benzene rings is 3. The van der Waals surface area contributed by atoms with Crippen molar-refractivity contribution < 1.29 is 0 Å². The van der Waals surface area contributed by atoms with Gasteiger partial charge in [0.2, 0.25) is 0 Å². The molecule has 0 atom stereocenters. The highest BCUT2D eigenvalue weighted by molar-refractivity contribution is 7.98. The quantitative estimate of drug-likeness (QED) is 0.362. The topological polar surface area (TPSA) is 30.7 Å². The van der Waals surface area contributed by atoms with Crippen LogP contribution in [0.1, 0.15) is 22.5 Å². The third kappa shape index (κ3) is 4.29. The Balaban J connectivity index is 1.68. The molecule has 3 aromatic carbocycles. The molecule has 0 unspecified atom stereocenters. The molecular formula is C23H20ClN3S. The fraction of sp³-hybridized carbons (Fsp3) is 0.130. The number of aryl methyl sites for hydroxylation is 1. The molecule has 28 heavy (non-hydrogen) atoms. The molecular weight excluding hydrogens is 386 g/mol. The minimum atomic E-state index is 0.701. The molecule has 0 amide bonds. The van der Waals surface area contributed by atoms with Crippen molar-refractivity contribution in [1.82, 2.24) is 14.8 Å². The van der Waals surface area contributed by atoms with E-state index in [1.807, 2.05) is 42.5 Å². The molecule has 140 valence electrons. The maximum atomic E-state index is 6.26. The number of hydrogen-bond donors (Lipinski definition) is 0. The van der Waals surface area contributed by atoms with Crippen LogP contribution >= 0.6 is 23.4 Å². The Morgan fingerprint density at radius 3 is 2.46 bits per heavy atom. The van der Waals surface area contributed by atoms with Crippen LogP contribution in [0, 0.1) is 6.92 Å². The van der Waals surface area contributed by atoms with Crippen LogP contribution in [0.15, 0.2) is 84.0 Å². The second-order valence-corrected chi connectivity index (χ2v) is 7.97. The highest BCUT2D eigenvalue weighted by Crippen LogP contribution is 2.28. The van der Waals surface area contributed by atoms with Crippen LogP contribution in [0.3, 0.4) is 0 Å². The lowest BCUT2D eigenvalue weighted by Gasteiger charge is -2.11. The zero-order valence-corrected chi connectivity index (χ0v) is 17.1. The molecule has 0 fully saturated rings. The normalized spacial score (nSPS) is 10.9. The molecule has 0 spiro atoms. The van der Waals surface area contributed by atoms with Crippen LogP contribution in [-0.4, -0.2) is 14.8 Å². The zero-order valence-electron chi connectivity index (χ0n) is 15.5. The van der Waals surface area contributed by atoms with Gasteiger partial charge in [0.15, 0.2) is 5.16 Å². The number of nitrogens with zero attached hydrogens (tertiary/aromatic N) is 3. The van der Waals surface area contributed by atoms with Crippen molar-refractivity contribution >= 4 is 23.4 Å². The summed E-state index contributed by atoms with van der Waals surface area (Å²) in [5.41, 5.74) is 4.77. The Hall–Kier alpha value is -2.56. The number of rotatable bonds is 6. The third-order valence-corrected chi connectivity index (χ3v) is 5.80. The molecule has 0 saturated heterocycles. The third-order valence-electron chi connectivity index (χ3n) is 4.59. The number of hydrogen-bond acceptors (Lipinski definition) is 3. The summed E-state index contributed by atoms with van der Waals surface area (Å²) in [5.74, 6) is 1.75. The lowest BCUT2D eigenvalue weighted by Crippen LogP contribution is -2.04. The van der Waals surface area contributed by atoms with E-state index < -0.39 is 0 Å². The van der Waals surface area contributed by atoms with Gasteiger partial charge in [-0.15, -0.1) is 10.2 Å². The zero-order chi connectivity index (χ0) is 19.3. The summed E-state index contributed by atoms with van der Waals surface area (Å²) in [6.45, 7) is 2.14. The van der Waals surface area contributed by atoms with Gasteiger partial charge in [-0.1, -0.05) is 84.0 Å². The molecule has 0 aliphatic heterocycles. The average molecular weight is 406 g/mol. The molecule has 5 heteroatoms. The van der Waals surface area contributed by atoms with Gasteiger partial charge in [0.1, 0.15) is 5.82 Å². The van der Waals surface area contributed by atoms with E-state index in [-0.39, 0.29) is 0 Å². The van der Waals surface area contributed by atoms with Gasteiger partial charge in [-0.05, 0) is 41.8 Å². The molecule has 3 nitrogen and oxygen atoms in total. The minimum Gasteiger partial charge on any atom is -0.274 e. The van der Waals surface area contributed by atoms with Gasteiger partial charge in [0.25, 0.3) is 0 Å². The summed E-state index contributed by atoms with van der Waals surface area (Å²) in [6.07, 6.45) is 0.714. The van der Waals surface area contributed by atoms with E-state index in [2.05, 4.69) is 58.1 Å². The predicted octanol–water partition coefficient (Wildman–Crippen LogP) is 6.11. The maximum Gasteiger partial charge on any atom is 0.196 e. The average Bonchev–Trinajstić information content (AvgIpc) is 3.10. The van der Waals surface area contributed by atoms with E-state index in [4.69, 9.17) is 11.6 Å². The van der Waals surface area contributed by atoms with Crippen LogP contribution < -0.4 is 0 Å². The molecule has 0 N–H and O–H groups in total. The minimum absolute atomic E-state index is 0.701. The molecule has 1 heterocycles. The van der Waals surface area contributed by atoms with Gasteiger partial charge in [-0.25, -0.2) is 0 Å². The number of aromatic nitrogens is 3. The van der Waals surface area contributed by atoms with Crippen molar-refractivity contribution in [2.75, 3.05) is 0 Å². The molecule has 1 aromatic heterocycles. The standard InChI is InChI=1S/C23H20ClN3S/c1-17-8-5-6-11-19(17)16-28-23-26-25-22(14-18-9-3-2-4-10-18)27(23)21-13-7-12-20(24)15-21/h2-13,15H,14,16H2,1H3. The fourth-order valence-corrected chi connectivity index (χ4v) is 4.31. The molecule has 0 radical (unpaired) electrons. The van der Waals surface area contributed by atoms with Crippen LogP contribution in [0.5, 0.6) is 0 Å². The molecule has 4 rings (SSSR count). The van der Waals surface area contributed by atoms with Gasteiger partial charge in [0.05, 0.1) is 5.69 Å². The van der Waals surface area contributed by atoms with Crippen LogP contribution in [0.25, 0.3) is 5.69 Å². The van der Waals surface area contributed by atoms with Gasteiger partial charge in [0, 0.05) is 17.2 Å². The Labute approximate surface area is 174 Å². The lowest BCUT2D eigenvalue weighted by atomic mass is 10.1. The second-order valence-electron chi connectivity index (χ2n) is 6.59. The molecule has 0 saturated carbocycles. The van der Waals surface area contributed by atoms with Crippen molar-refractivity contribution in [2.45, 2.75) is 24.3 Å². The number of thioether (sulfide) groups is 1. The Bertz CT molecular complexity index is 1080. The first-order chi connectivity index (χ1) is 13.7. The maximum absolute atomic E-state index is 6.26. The van der Waals surface area contributed by atoms with Crippen LogP contribution in [0.2, 0.25) is 5.02 Å². The van der Waals surface area contributed by atoms with E-state index in [0.717, 1.165) is 22.4 Å². The Morgan fingerprint density at radius 1 is 0.893 bits per heavy atom. The van der Waals surface area contributed by atoms with E-state index in [9.17, 15) is 0 Å². The Morgan fingerprint density at radius 2 is 1.68 bits per heavy atom.